The molecule has 2 aromatic rings. The predicted molar refractivity (Wildman–Crippen MR) is 90.2 cm³/mol. The summed E-state index contributed by atoms with van der Waals surface area (Å²) < 4.78 is 0. The molecule has 126 valence electrons. The minimum atomic E-state index is -0.677. The number of rotatable bonds is 3. The highest BCUT2D eigenvalue weighted by atomic mass is 35.5. The van der Waals surface area contributed by atoms with Crippen molar-refractivity contribution >= 4 is 41.0 Å². The molecule has 0 aromatic heterocycles. The molecule has 0 radical (unpaired) electrons. The minimum Gasteiger partial charge on any atom is -0.507 e. The smallest absolute Gasteiger partial charge is 0.333 e. The maximum absolute atomic E-state index is 12.5. The summed E-state index contributed by atoms with van der Waals surface area (Å²) >= 11 is 5.79. The molecule has 0 atom stereocenters. The molecular formula is C16H10ClN3O5. The summed E-state index contributed by atoms with van der Waals surface area (Å²) in [6.07, 6.45) is 1.18. The van der Waals surface area contributed by atoms with E-state index < -0.39 is 16.9 Å². The van der Waals surface area contributed by atoms with Crippen molar-refractivity contribution in [3.8, 4) is 5.75 Å². The van der Waals surface area contributed by atoms with E-state index in [0.717, 1.165) is 23.1 Å². The van der Waals surface area contributed by atoms with Gasteiger partial charge in [-0.15, -0.1) is 0 Å². The van der Waals surface area contributed by atoms with Crippen molar-refractivity contribution in [3.63, 3.8) is 0 Å². The van der Waals surface area contributed by atoms with Crippen LogP contribution in [0.25, 0.3) is 6.08 Å². The number of carbonyl (C=O) groups excluding carboxylic acids is 2. The molecule has 0 spiro atoms. The van der Waals surface area contributed by atoms with Gasteiger partial charge in [0.1, 0.15) is 11.4 Å². The minimum absolute atomic E-state index is 0.0378. The number of urea groups is 1. The highest BCUT2D eigenvalue weighted by Crippen LogP contribution is 2.28. The second kappa shape index (κ2) is 6.25. The number of phenols is 1. The molecule has 0 bridgehead atoms. The summed E-state index contributed by atoms with van der Waals surface area (Å²) in [7, 11) is 0. The number of imide groups is 1. The van der Waals surface area contributed by atoms with Gasteiger partial charge in [0.2, 0.25) is 0 Å². The van der Waals surface area contributed by atoms with Crippen LogP contribution in [0.5, 0.6) is 5.75 Å². The molecule has 0 saturated carbocycles. The fourth-order valence-electron chi connectivity index (χ4n) is 2.29. The van der Waals surface area contributed by atoms with Crippen molar-refractivity contribution < 1.29 is 19.6 Å². The van der Waals surface area contributed by atoms with E-state index >= 15 is 0 Å². The van der Waals surface area contributed by atoms with E-state index in [9.17, 15) is 24.8 Å². The number of hydrogen-bond acceptors (Lipinski definition) is 5. The third-order valence-electron chi connectivity index (χ3n) is 3.48. The second-order valence-corrected chi connectivity index (χ2v) is 5.54. The molecule has 9 heteroatoms. The molecule has 2 aromatic carbocycles. The summed E-state index contributed by atoms with van der Waals surface area (Å²) in [6.45, 7) is 0. The van der Waals surface area contributed by atoms with E-state index in [1.165, 1.54) is 30.3 Å². The summed E-state index contributed by atoms with van der Waals surface area (Å²) in [6, 6.07) is 8.78. The van der Waals surface area contributed by atoms with Crippen molar-refractivity contribution in [2.75, 3.05) is 4.90 Å². The number of nitrogens with zero attached hydrogens (tertiary/aromatic N) is 2. The van der Waals surface area contributed by atoms with Gasteiger partial charge in [0.15, 0.2) is 0 Å². The molecule has 1 heterocycles. The predicted octanol–water partition coefficient (Wildman–Crippen LogP) is 3.05. The standard InChI is InChI=1S/C16H10ClN3O5/c17-10-1-3-11(4-2-10)19-15(22)13(18-16(19)23)8-9-7-12(20(24)25)5-6-14(9)21/h1-8,21H,(H,18,23)/b13-8+. The number of anilines is 1. The van der Waals surface area contributed by atoms with Crippen LogP contribution in [0.3, 0.4) is 0 Å². The molecule has 1 fully saturated rings. The molecule has 1 aliphatic rings. The Labute approximate surface area is 146 Å². The van der Waals surface area contributed by atoms with Crippen molar-refractivity contribution in [2.45, 2.75) is 0 Å². The summed E-state index contributed by atoms with van der Waals surface area (Å²) in [4.78, 5) is 35.6. The molecule has 8 nitrogen and oxygen atoms in total. The Hall–Kier alpha value is -3.39. The summed E-state index contributed by atoms with van der Waals surface area (Å²) in [5, 5.41) is 23.5. The number of non-ortho nitro benzene ring substituents is 1. The number of nitro benzene ring substituents is 1. The zero-order chi connectivity index (χ0) is 18.1. The fourth-order valence-corrected chi connectivity index (χ4v) is 2.41. The van der Waals surface area contributed by atoms with Crippen LogP contribution in [0.15, 0.2) is 48.2 Å². The lowest BCUT2D eigenvalue weighted by Gasteiger charge is -2.11. The number of amides is 3. The SMILES string of the molecule is O=C1N/C(=C/c2cc([N+](=O)[O-])ccc2O)C(=O)N1c1ccc(Cl)cc1. The van der Waals surface area contributed by atoms with Gasteiger partial charge in [0.05, 0.1) is 10.6 Å². The Morgan fingerprint density at radius 3 is 2.48 bits per heavy atom. The first-order valence-electron chi connectivity index (χ1n) is 6.97. The Morgan fingerprint density at radius 1 is 1.16 bits per heavy atom. The van der Waals surface area contributed by atoms with Crippen LogP contribution in [0.2, 0.25) is 5.02 Å². The van der Waals surface area contributed by atoms with Gasteiger partial charge >= 0.3 is 6.03 Å². The highest BCUT2D eigenvalue weighted by Gasteiger charge is 2.35. The van der Waals surface area contributed by atoms with Crippen LogP contribution < -0.4 is 10.2 Å². The Balaban J connectivity index is 1.97. The molecule has 2 N–H and O–H groups in total. The average Bonchev–Trinajstić information content (AvgIpc) is 2.84. The van der Waals surface area contributed by atoms with E-state index in [1.807, 2.05) is 0 Å². The number of hydrogen-bond donors (Lipinski definition) is 2. The number of halogens is 1. The van der Waals surface area contributed by atoms with E-state index in [2.05, 4.69) is 5.32 Å². The summed E-state index contributed by atoms with van der Waals surface area (Å²) in [5.41, 5.74) is -0.0129. The topological polar surface area (TPSA) is 113 Å². The molecule has 25 heavy (non-hydrogen) atoms. The second-order valence-electron chi connectivity index (χ2n) is 5.11. The van der Waals surface area contributed by atoms with Crippen LogP contribution in [0.1, 0.15) is 5.56 Å². The van der Waals surface area contributed by atoms with Crippen LogP contribution in [0.4, 0.5) is 16.2 Å². The van der Waals surface area contributed by atoms with Gasteiger partial charge in [-0.2, -0.15) is 0 Å². The maximum Gasteiger partial charge on any atom is 0.333 e. The van der Waals surface area contributed by atoms with Crippen molar-refractivity contribution in [1.82, 2.24) is 5.32 Å². The lowest BCUT2D eigenvalue weighted by atomic mass is 10.1. The number of aromatic hydroxyl groups is 1. The quantitative estimate of drug-likeness (QED) is 0.378. The zero-order valence-corrected chi connectivity index (χ0v) is 13.2. The molecule has 1 saturated heterocycles. The zero-order valence-electron chi connectivity index (χ0n) is 12.5. The van der Waals surface area contributed by atoms with Crippen molar-refractivity contribution in [1.29, 1.82) is 0 Å². The number of nitro groups is 1. The van der Waals surface area contributed by atoms with Crippen LogP contribution in [0, 0.1) is 10.1 Å². The molecule has 0 aliphatic carbocycles. The molecular weight excluding hydrogens is 350 g/mol. The van der Waals surface area contributed by atoms with Gasteiger partial charge in [-0.3, -0.25) is 14.9 Å². The van der Waals surface area contributed by atoms with E-state index in [-0.39, 0.29) is 22.7 Å². The maximum atomic E-state index is 12.5. The largest absolute Gasteiger partial charge is 0.507 e. The first kappa shape index (κ1) is 16.5. The number of nitrogens with one attached hydrogen (secondary N) is 1. The number of phenolic OH excluding ortho intramolecular Hbond substituents is 1. The fraction of sp³-hybridized carbons (Fsp3) is 0. The third kappa shape index (κ3) is 3.15. The van der Waals surface area contributed by atoms with Crippen molar-refractivity contribution in [2.24, 2.45) is 0 Å². The van der Waals surface area contributed by atoms with E-state index in [0.29, 0.717) is 10.7 Å². The third-order valence-corrected chi connectivity index (χ3v) is 3.74. The number of carbonyl (C=O) groups is 2. The first-order chi connectivity index (χ1) is 11.9. The first-order valence-corrected chi connectivity index (χ1v) is 7.35. The monoisotopic (exact) mass is 359 g/mol. The molecule has 1 aliphatic heterocycles. The Morgan fingerprint density at radius 2 is 1.84 bits per heavy atom. The average molecular weight is 360 g/mol. The lowest BCUT2D eigenvalue weighted by molar-refractivity contribution is -0.384. The van der Waals surface area contributed by atoms with Gasteiger partial charge in [-0.25, -0.2) is 9.69 Å². The summed E-state index contributed by atoms with van der Waals surface area (Å²) in [5.74, 6) is -0.914. The molecule has 3 rings (SSSR count). The van der Waals surface area contributed by atoms with Crippen LogP contribution in [-0.2, 0) is 4.79 Å². The van der Waals surface area contributed by atoms with Gasteiger partial charge in [0.25, 0.3) is 11.6 Å². The van der Waals surface area contributed by atoms with E-state index in [1.54, 1.807) is 0 Å². The van der Waals surface area contributed by atoms with Crippen LogP contribution in [-0.4, -0.2) is 22.0 Å². The van der Waals surface area contributed by atoms with Gasteiger partial charge in [-0.05, 0) is 36.4 Å². The normalized spacial score (nSPS) is 15.6. The van der Waals surface area contributed by atoms with Crippen molar-refractivity contribution in [3.05, 3.63) is 68.9 Å². The van der Waals surface area contributed by atoms with Crippen LogP contribution >= 0.6 is 11.6 Å². The highest BCUT2D eigenvalue weighted by molar-refractivity contribution is 6.31. The Bertz CT molecular complexity index is 924. The van der Waals surface area contributed by atoms with Gasteiger partial charge in [0, 0.05) is 22.7 Å². The molecule has 0 unspecified atom stereocenters. The van der Waals surface area contributed by atoms with Gasteiger partial charge < -0.3 is 10.4 Å². The number of benzene rings is 2. The van der Waals surface area contributed by atoms with E-state index in [4.69, 9.17) is 11.6 Å². The lowest BCUT2D eigenvalue weighted by Crippen LogP contribution is -2.30. The molecule has 3 amide bonds. The Kier molecular flexibility index (Phi) is 4.12. The van der Waals surface area contributed by atoms with Gasteiger partial charge in [-0.1, -0.05) is 11.6 Å².